The Labute approximate surface area is 192 Å². The lowest BCUT2D eigenvalue weighted by molar-refractivity contribution is -0.113. The van der Waals surface area contributed by atoms with Crippen molar-refractivity contribution in [1.29, 1.82) is 0 Å². The van der Waals surface area contributed by atoms with Gasteiger partial charge in [-0.15, -0.1) is 10.2 Å². The van der Waals surface area contributed by atoms with E-state index in [4.69, 9.17) is 0 Å². The molecular weight excluding hydrogens is 418 g/mol. The maximum absolute atomic E-state index is 12.6. The van der Waals surface area contributed by atoms with E-state index in [-0.39, 0.29) is 11.7 Å². The van der Waals surface area contributed by atoms with Gasteiger partial charge in [-0.3, -0.25) is 4.79 Å². The first-order valence-electron chi connectivity index (χ1n) is 10.4. The zero-order valence-corrected chi connectivity index (χ0v) is 18.9. The molecule has 0 aliphatic rings. The molecule has 0 saturated heterocycles. The Morgan fingerprint density at radius 1 is 0.938 bits per heavy atom. The van der Waals surface area contributed by atoms with Gasteiger partial charge in [-0.05, 0) is 30.7 Å². The summed E-state index contributed by atoms with van der Waals surface area (Å²) in [6, 6.07) is 26.1. The van der Waals surface area contributed by atoms with Gasteiger partial charge in [-0.25, -0.2) is 0 Å². The number of aromatic nitrogens is 3. The van der Waals surface area contributed by atoms with Gasteiger partial charge in [0.1, 0.15) is 0 Å². The van der Waals surface area contributed by atoms with Crippen LogP contribution in [0, 0.1) is 6.92 Å². The van der Waals surface area contributed by atoms with Crippen molar-refractivity contribution in [3.8, 4) is 11.1 Å². The van der Waals surface area contributed by atoms with Crippen molar-refractivity contribution in [3.05, 3.63) is 90.3 Å². The highest BCUT2D eigenvalue weighted by atomic mass is 32.2. The van der Waals surface area contributed by atoms with Crippen molar-refractivity contribution in [2.45, 2.75) is 18.6 Å². The van der Waals surface area contributed by atoms with Gasteiger partial charge in [0.05, 0.1) is 12.3 Å². The SMILES string of the molecule is Cc1ccc(NCc2nnc(SCC(=O)Nc3ccccc3-c3ccccc3)n2C)cc1. The van der Waals surface area contributed by atoms with Crippen LogP contribution in [-0.4, -0.2) is 26.4 Å². The predicted molar refractivity (Wildman–Crippen MR) is 131 cm³/mol. The highest BCUT2D eigenvalue weighted by Gasteiger charge is 2.13. The molecule has 6 nitrogen and oxygen atoms in total. The molecule has 162 valence electrons. The van der Waals surface area contributed by atoms with Crippen LogP contribution >= 0.6 is 11.8 Å². The molecule has 0 aliphatic carbocycles. The van der Waals surface area contributed by atoms with Crippen molar-refractivity contribution in [2.24, 2.45) is 7.05 Å². The molecule has 1 amide bonds. The number of hydrogen-bond acceptors (Lipinski definition) is 5. The van der Waals surface area contributed by atoms with Crippen LogP contribution < -0.4 is 10.6 Å². The summed E-state index contributed by atoms with van der Waals surface area (Å²) in [5, 5.41) is 15.6. The number of thioether (sulfide) groups is 1. The summed E-state index contributed by atoms with van der Waals surface area (Å²) in [5.74, 6) is 0.976. The minimum atomic E-state index is -0.0827. The van der Waals surface area contributed by atoms with Gasteiger partial charge in [0.25, 0.3) is 0 Å². The van der Waals surface area contributed by atoms with E-state index in [0.29, 0.717) is 11.7 Å². The van der Waals surface area contributed by atoms with E-state index in [1.54, 1.807) is 0 Å². The number of para-hydroxylation sites is 1. The molecule has 32 heavy (non-hydrogen) atoms. The van der Waals surface area contributed by atoms with Gasteiger partial charge in [0.15, 0.2) is 11.0 Å². The average molecular weight is 444 g/mol. The number of benzene rings is 3. The topological polar surface area (TPSA) is 71.8 Å². The number of aryl methyl sites for hydroxylation is 1. The molecule has 0 radical (unpaired) electrons. The van der Waals surface area contributed by atoms with E-state index in [1.807, 2.05) is 78.3 Å². The van der Waals surface area contributed by atoms with E-state index >= 15 is 0 Å². The van der Waals surface area contributed by atoms with Gasteiger partial charge in [0, 0.05) is 24.0 Å². The predicted octanol–water partition coefficient (Wildman–Crippen LogP) is 5.13. The Bertz CT molecular complexity index is 1190. The van der Waals surface area contributed by atoms with Crippen LogP contribution in [0.25, 0.3) is 11.1 Å². The lowest BCUT2D eigenvalue weighted by Gasteiger charge is -2.11. The summed E-state index contributed by atoms with van der Waals surface area (Å²) in [4.78, 5) is 12.6. The summed E-state index contributed by atoms with van der Waals surface area (Å²) in [5.41, 5.74) is 5.11. The van der Waals surface area contributed by atoms with Crippen LogP contribution in [0.2, 0.25) is 0 Å². The highest BCUT2D eigenvalue weighted by molar-refractivity contribution is 7.99. The van der Waals surface area contributed by atoms with Crippen molar-refractivity contribution in [3.63, 3.8) is 0 Å². The Kier molecular flexibility index (Phi) is 6.87. The van der Waals surface area contributed by atoms with E-state index in [0.717, 1.165) is 28.3 Å². The molecular formula is C25H25N5OS. The molecule has 0 saturated carbocycles. The molecule has 7 heteroatoms. The van der Waals surface area contributed by atoms with Gasteiger partial charge in [-0.2, -0.15) is 0 Å². The lowest BCUT2D eigenvalue weighted by atomic mass is 10.0. The zero-order chi connectivity index (χ0) is 22.3. The van der Waals surface area contributed by atoms with E-state index < -0.39 is 0 Å². The number of nitrogens with zero attached hydrogens (tertiary/aromatic N) is 3. The molecule has 1 heterocycles. The van der Waals surface area contributed by atoms with Crippen LogP contribution in [0.4, 0.5) is 11.4 Å². The smallest absolute Gasteiger partial charge is 0.234 e. The number of carbonyl (C=O) groups excluding carboxylic acids is 1. The second-order valence-electron chi connectivity index (χ2n) is 7.43. The summed E-state index contributed by atoms with van der Waals surface area (Å²) < 4.78 is 1.91. The second kappa shape index (κ2) is 10.2. The van der Waals surface area contributed by atoms with E-state index in [9.17, 15) is 4.79 Å². The van der Waals surface area contributed by atoms with Crippen LogP contribution in [0.15, 0.2) is 84.0 Å². The molecule has 2 N–H and O–H groups in total. The van der Waals surface area contributed by atoms with Crippen LogP contribution in [0.5, 0.6) is 0 Å². The average Bonchev–Trinajstić information content (AvgIpc) is 3.17. The summed E-state index contributed by atoms with van der Waals surface area (Å²) in [6.07, 6.45) is 0. The Balaban J connectivity index is 1.35. The van der Waals surface area contributed by atoms with Crippen molar-refractivity contribution >= 4 is 29.0 Å². The van der Waals surface area contributed by atoms with E-state index in [2.05, 4.69) is 39.9 Å². The molecule has 0 bridgehead atoms. The third-order valence-electron chi connectivity index (χ3n) is 5.05. The molecule has 0 spiro atoms. The number of carbonyl (C=O) groups is 1. The standard InChI is InChI=1S/C25H25N5OS/c1-18-12-14-20(15-13-18)26-16-23-28-29-25(30(23)2)32-17-24(31)27-22-11-7-6-10-21(22)19-8-4-3-5-9-19/h3-15,26H,16-17H2,1-2H3,(H,27,31). The monoisotopic (exact) mass is 443 g/mol. The first-order chi connectivity index (χ1) is 15.6. The fourth-order valence-corrected chi connectivity index (χ4v) is 3.99. The first kappa shape index (κ1) is 21.6. The summed E-state index contributed by atoms with van der Waals surface area (Å²) >= 11 is 1.37. The number of nitrogens with one attached hydrogen (secondary N) is 2. The Morgan fingerprint density at radius 2 is 1.66 bits per heavy atom. The van der Waals surface area contributed by atoms with Gasteiger partial charge in [0.2, 0.25) is 5.91 Å². The summed E-state index contributed by atoms with van der Waals surface area (Å²) in [7, 11) is 1.91. The molecule has 0 fully saturated rings. The maximum Gasteiger partial charge on any atom is 0.234 e. The third kappa shape index (κ3) is 5.36. The fourth-order valence-electron chi connectivity index (χ4n) is 3.26. The first-order valence-corrected chi connectivity index (χ1v) is 11.3. The zero-order valence-electron chi connectivity index (χ0n) is 18.1. The molecule has 0 unspecified atom stereocenters. The van der Waals surface area contributed by atoms with Crippen molar-refractivity contribution < 1.29 is 4.79 Å². The van der Waals surface area contributed by atoms with Crippen LogP contribution in [-0.2, 0) is 18.4 Å². The summed E-state index contributed by atoms with van der Waals surface area (Å²) in [6.45, 7) is 2.62. The van der Waals surface area contributed by atoms with Crippen LogP contribution in [0.1, 0.15) is 11.4 Å². The lowest BCUT2D eigenvalue weighted by Crippen LogP contribution is -2.15. The molecule has 4 aromatic rings. The minimum Gasteiger partial charge on any atom is -0.378 e. The van der Waals surface area contributed by atoms with Crippen molar-refractivity contribution in [1.82, 2.24) is 14.8 Å². The van der Waals surface area contributed by atoms with Gasteiger partial charge < -0.3 is 15.2 Å². The molecule has 0 atom stereocenters. The third-order valence-corrected chi connectivity index (χ3v) is 6.07. The molecule has 0 aliphatic heterocycles. The largest absolute Gasteiger partial charge is 0.378 e. The second-order valence-corrected chi connectivity index (χ2v) is 8.37. The number of hydrogen-bond donors (Lipinski definition) is 2. The Hall–Kier alpha value is -3.58. The van der Waals surface area contributed by atoms with E-state index in [1.165, 1.54) is 17.3 Å². The maximum atomic E-state index is 12.6. The molecule has 3 aromatic carbocycles. The van der Waals surface area contributed by atoms with Crippen molar-refractivity contribution in [2.75, 3.05) is 16.4 Å². The molecule has 4 rings (SSSR count). The fraction of sp³-hybridized carbons (Fsp3) is 0.160. The van der Waals surface area contributed by atoms with Crippen LogP contribution in [0.3, 0.4) is 0 Å². The number of rotatable bonds is 8. The molecule has 1 aromatic heterocycles. The van der Waals surface area contributed by atoms with Gasteiger partial charge in [-0.1, -0.05) is 78.0 Å². The quantitative estimate of drug-likeness (QED) is 0.369. The van der Waals surface area contributed by atoms with Gasteiger partial charge >= 0.3 is 0 Å². The minimum absolute atomic E-state index is 0.0827. The Morgan fingerprint density at radius 3 is 2.44 bits per heavy atom. The normalized spacial score (nSPS) is 10.7. The number of anilines is 2. The highest BCUT2D eigenvalue weighted by Crippen LogP contribution is 2.28. The number of amides is 1.